The SMILES string of the molecule is CCOc1ncccc1-c1ccc(N2CCN(C(=O)c3ccccc3C(F)(F)F)C[C@H]2CC)c(C(=O)NCCNC)c1F. The van der Waals surface area contributed by atoms with E-state index in [1.54, 1.807) is 38.2 Å². The number of carbonyl (C=O) groups is 2. The number of nitrogens with zero attached hydrogens (tertiary/aromatic N) is 3. The summed E-state index contributed by atoms with van der Waals surface area (Å²) in [5, 5.41) is 5.69. The smallest absolute Gasteiger partial charge is 0.417 e. The average molecular weight is 602 g/mol. The number of halogens is 4. The number of nitrogens with one attached hydrogen (secondary N) is 2. The van der Waals surface area contributed by atoms with Crippen molar-refractivity contribution in [1.82, 2.24) is 20.5 Å². The van der Waals surface area contributed by atoms with Gasteiger partial charge in [0.25, 0.3) is 11.8 Å². The Labute approximate surface area is 248 Å². The van der Waals surface area contributed by atoms with Crippen LogP contribution in [0.5, 0.6) is 5.88 Å². The van der Waals surface area contributed by atoms with Crippen LogP contribution in [0.15, 0.2) is 54.7 Å². The number of anilines is 1. The van der Waals surface area contributed by atoms with Crippen LogP contribution >= 0.6 is 0 Å². The Bertz CT molecular complexity index is 1450. The standard InChI is InChI=1S/C31H35F4N5O3/c1-4-20-19-39(30(42)23-9-6-7-11-24(23)31(33,34)35)17-18-40(20)25-13-12-21(22-10-8-14-38-29(22)43-5-2)27(32)26(25)28(41)37-16-15-36-3/h6-14,20,36H,4-5,15-19H2,1-3H3,(H,37,41)/t20-/m1/s1. The first-order valence-corrected chi connectivity index (χ1v) is 14.2. The summed E-state index contributed by atoms with van der Waals surface area (Å²) in [6.07, 6.45) is -2.65. The lowest BCUT2D eigenvalue weighted by Gasteiger charge is -2.43. The Balaban J connectivity index is 1.71. The van der Waals surface area contributed by atoms with Crippen LogP contribution in [0.4, 0.5) is 23.2 Å². The predicted molar refractivity (Wildman–Crippen MR) is 156 cm³/mol. The number of ether oxygens (including phenoxy) is 1. The Morgan fingerprint density at radius 1 is 1.02 bits per heavy atom. The summed E-state index contributed by atoms with van der Waals surface area (Å²) < 4.78 is 62.9. The van der Waals surface area contributed by atoms with Crippen molar-refractivity contribution in [2.75, 3.05) is 51.3 Å². The van der Waals surface area contributed by atoms with E-state index in [9.17, 15) is 22.8 Å². The molecule has 4 rings (SSSR count). The molecule has 230 valence electrons. The molecule has 0 spiro atoms. The third-order valence-corrected chi connectivity index (χ3v) is 7.36. The van der Waals surface area contributed by atoms with E-state index in [1.165, 1.54) is 29.3 Å². The number of benzene rings is 2. The molecule has 2 heterocycles. The maximum atomic E-state index is 16.4. The Morgan fingerprint density at radius 3 is 2.49 bits per heavy atom. The molecule has 0 aliphatic carbocycles. The van der Waals surface area contributed by atoms with Crippen molar-refractivity contribution in [1.29, 1.82) is 0 Å². The van der Waals surface area contributed by atoms with E-state index in [0.29, 0.717) is 30.8 Å². The second-order valence-electron chi connectivity index (χ2n) is 10.0. The van der Waals surface area contributed by atoms with E-state index in [1.807, 2.05) is 11.8 Å². The molecule has 0 saturated carbocycles. The van der Waals surface area contributed by atoms with E-state index in [-0.39, 0.29) is 49.2 Å². The monoisotopic (exact) mass is 601 g/mol. The minimum atomic E-state index is -4.68. The lowest BCUT2D eigenvalue weighted by Crippen LogP contribution is -2.55. The second-order valence-corrected chi connectivity index (χ2v) is 10.0. The third kappa shape index (κ3) is 6.90. The van der Waals surface area contributed by atoms with Crippen LogP contribution in [0.25, 0.3) is 11.1 Å². The lowest BCUT2D eigenvalue weighted by molar-refractivity contribution is -0.138. The summed E-state index contributed by atoms with van der Waals surface area (Å²) in [7, 11) is 1.73. The predicted octanol–water partition coefficient (Wildman–Crippen LogP) is 5.00. The molecule has 1 aliphatic rings. The zero-order chi connectivity index (χ0) is 31.1. The van der Waals surface area contributed by atoms with Gasteiger partial charge in [0.2, 0.25) is 5.88 Å². The van der Waals surface area contributed by atoms with Crippen LogP contribution in [0.3, 0.4) is 0 Å². The molecule has 2 N–H and O–H groups in total. The lowest BCUT2D eigenvalue weighted by atomic mass is 9.98. The topological polar surface area (TPSA) is 86.8 Å². The quantitative estimate of drug-likeness (QED) is 0.252. The molecule has 43 heavy (non-hydrogen) atoms. The number of pyridine rings is 1. The van der Waals surface area contributed by atoms with Gasteiger partial charge in [0.05, 0.1) is 29.0 Å². The molecule has 1 atom stereocenters. The normalized spacial score (nSPS) is 15.4. The number of hydrogen-bond acceptors (Lipinski definition) is 6. The molecule has 2 amide bonds. The van der Waals surface area contributed by atoms with Gasteiger partial charge in [0.1, 0.15) is 5.82 Å². The van der Waals surface area contributed by atoms with E-state index in [4.69, 9.17) is 4.74 Å². The molecular formula is C31H35F4N5O3. The molecule has 1 saturated heterocycles. The number of aromatic nitrogens is 1. The fraction of sp³-hybridized carbons (Fsp3) is 0.387. The van der Waals surface area contributed by atoms with Crippen LogP contribution in [0.2, 0.25) is 0 Å². The molecule has 0 unspecified atom stereocenters. The van der Waals surface area contributed by atoms with Crippen LogP contribution in [-0.4, -0.2) is 74.1 Å². The molecule has 0 bridgehead atoms. The van der Waals surface area contributed by atoms with Gasteiger partial charge in [-0.3, -0.25) is 9.59 Å². The zero-order valence-electron chi connectivity index (χ0n) is 24.3. The van der Waals surface area contributed by atoms with Crippen molar-refractivity contribution in [3.63, 3.8) is 0 Å². The Morgan fingerprint density at radius 2 is 1.79 bits per heavy atom. The molecule has 8 nitrogen and oxygen atoms in total. The number of hydrogen-bond donors (Lipinski definition) is 2. The maximum Gasteiger partial charge on any atom is 0.417 e. The van der Waals surface area contributed by atoms with Gasteiger partial charge in [-0.05, 0) is 56.8 Å². The van der Waals surface area contributed by atoms with Gasteiger partial charge in [-0.15, -0.1) is 0 Å². The molecular weight excluding hydrogens is 566 g/mol. The molecule has 0 radical (unpaired) electrons. The highest BCUT2D eigenvalue weighted by Crippen LogP contribution is 2.37. The minimum absolute atomic E-state index is 0.0861. The van der Waals surface area contributed by atoms with Crippen LogP contribution < -0.4 is 20.3 Å². The van der Waals surface area contributed by atoms with Gasteiger partial charge in [-0.2, -0.15) is 13.2 Å². The van der Waals surface area contributed by atoms with Crippen LogP contribution in [0.1, 0.15) is 46.5 Å². The molecule has 1 fully saturated rings. The summed E-state index contributed by atoms with van der Waals surface area (Å²) in [6, 6.07) is 10.9. The number of carbonyl (C=O) groups excluding carboxylic acids is 2. The van der Waals surface area contributed by atoms with Gasteiger partial charge in [0.15, 0.2) is 0 Å². The van der Waals surface area contributed by atoms with Crippen LogP contribution in [0, 0.1) is 5.82 Å². The van der Waals surface area contributed by atoms with Crippen LogP contribution in [-0.2, 0) is 6.18 Å². The Kier molecular flexibility index (Phi) is 10.2. The average Bonchev–Trinajstić information content (AvgIpc) is 3.00. The van der Waals surface area contributed by atoms with Gasteiger partial charge in [-0.25, -0.2) is 9.37 Å². The highest BCUT2D eigenvalue weighted by molar-refractivity contribution is 6.02. The van der Waals surface area contributed by atoms with Crippen molar-refractivity contribution < 1.29 is 31.9 Å². The van der Waals surface area contributed by atoms with Crippen molar-refractivity contribution in [2.24, 2.45) is 0 Å². The van der Waals surface area contributed by atoms with Crippen molar-refractivity contribution >= 4 is 17.5 Å². The van der Waals surface area contributed by atoms with Crippen molar-refractivity contribution in [3.8, 4) is 17.0 Å². The minimum Gasteiger partial charge on any atom is -0.478 e. The van der Waals surface area contributed by atoms with E-state index < -0.39 is 34.9 Å². The first kappa shape index (κ1) is 31.7. The van der Waals surface area contributed by atoms with Gasteiger partial charge in [-0.1, -0.05) is 19.1 Å². The number of rotatable bonds is 10. The number of alkyl halides is 3. The fourth-order valence-electron chi connectivity index (χ4n) is 5.26. The van der Waals surface area contributed by atoms with Gasteiger partial charge < -0.3 is 25.2 Å². The van der Waals surface area contributed by atoms with E-state index in [0.717, 1.165) is 6.07 Å². The first-order chi connectivity index (χ1) is 20.6. The molecule has 1 aromatic heterocycles. The molecule has 12 heteroatoms. The van der Waals surface area contributed by atoms with E-state index in [2.05, 4.69) is 15.6 Å². The summed E-state index contributed by atoms with van der Waals surface area (Å²) in [5.74, 6) is -1.85. The number of amides is 2. The largest absolute Gasteiger partial charge is 0.478 e. The highest BCUT2D eigenvalue weighted by Gasteiger charge is 2.38. The third-order valence-electron chi connectivity index (χ3n) is 7.36. The van der Waals surface area contributed by atoms with Gasteiger partial charge in [0, 0.05) is 56.1 Å². The Hall–Kier alpha value is -4.19. The highest BCUT2D eigenvalue weighted by atomic mass is 19.4. The fourth-order valence-corrected chi connectivity index (χ4v) is 5.26. The summed E-state index contributed by atoms with van der Waals surface area (Å²) in [6.45, 7) is 5.07. The number of likely N-dealkylation sites (N-methyl/N-ethyl adjacent to an activating group) is 1. The maximum absolute atomic E-state index is 16.4. The molecule has 3 aromatic rings. The summed E-state index contributed by atoms with van der Waals surface area (Å²) in [5.41, 5.74) is -0.705. The van der Waals surface area contributed by atoms with Crippen molar-refractivity contribution in [3.05, 3.63) is 77.2 Å². The number of piperazine rings is 1. The zero-order valence-corrected chi connectivity index (χ0v) is 24.3. The second kappa shape index (κ2) is 13.9. The first-order valence-electron chi connectivity index (χ1n) is 14.2. The van der Waals surface area contributed by atoms with E-state index >= 15 is 4.39 Å². The molecule has 1 aliphatic heterocycles. The van der Waals surface area contributed by atoms with Gasteiger partial charge >= 0.3 is 6.18 Å². The summed E-state index contributed by atoms with van der Waals surface area (Å²) >= 11 is 0. The summed E-state index contributed by atoms with van der Waals surface area (Å²) in [4.78, 5) is 34.2. The molecule has 2 aromatic carbocycles. The van der Waals surface area contributed by atoms with Crippen molar-refractivity contribution in [2.45, 2.75) is 32.5 Å².